The van der Waals surface area contributed by atoms with Crippen molar-refractivity contribution in [2.45, 2.75) is 31.8 Å². The maximum absolute atomic E-state index is 5.75. The summed E-state index contributed by atoms with van der Waals surface area (Å²) in [7, 11) is 0. The van der Waals surface area contributed by atoms with E-state index in [1.165, 1.54) is 24.8 Å². The van der Waals surface area contributed by atoms with Crippen LogP contribution in [0.15, 0.2) is 30.3 Å². The quantitative estimate of drug-likeness (QED) is 0.786. The molecule has 1 saturated carbocycles. The first-order valence-electron chi connectivity index (χ1n) is 5.87. The zero-order chi connectivity index (χ0) is 10.5. The number of nitrogens with two attached hydrogens (primary N) is 1. The third-order valence-electron chi connectivity index (χ3n) is 3.37. The van der Waals surface area contributed by atoms with Gasteiger partial charge >= 0.3 is 0 Å². The van der Waals surface area contributed by atoms with Gasteiger partial charge in [0.25, 0.3) is 0 Å². The van der Waals surface area contributed by atoms with E-state index in [1.807, 2.05) is 0 Å². The van der Waals surface area contributed by atoms with Crippen LogP contribution in [-0.2, 0) is 6.54 Å². The van der Waals surface area contributed by atoms with Crippen molar-refractivity contribution in [3.8, 4) is 0 Å². The van der Waals surface area contributed by atoms with Gasteiger partial charge in [0.05, 0.1) is 0 Å². The van der Waals surface area contributed by atoms with E-state index in [2.05, 4.69) is 35.6 Å². The van der Waals surface area contributed by atoms with Gasteiger partial charge in [0.2, 0.25) is 0 Å². The van der Waals surface area contributed by atoms with E-state index in [4.69, 9.17) is 5.73 Å². The summed E-state index contributed by atoms with van der Waals surface area (Å²) in [5.74, 6) is 0.689. The van der Waals surface area contributed by atoms with Gasteiger partial charge in [-0.15, -0.1) is 0 Å². The molecule has 0 aromatic heterocycles. The van der Waals surface area contributed by atoms with Crippen LogP contribution < -0.4 is 11.1 Å². The van der Waals surface area contributed by atoms with Gasteiger partial charge in [-0.1, -0.05) is 36.8 Å². The van der Waals surface area contributed by atoms with Gasteiger partial charge in [-0.25, -0.2) is 0 Å². The molecule has 82 valence electrons. The molecule has 1 fully saturated rings. The molecule has 2 atom stereocenters. The molecule has 0 radical (unpaired) electrons. The van der Waals surface area contributed by atoms with E-state index >= 15 is 0 Å². The van der Waals surface area contributed by atoms with Crippen LogP contribution >= 0.6 is 0 Å². The molecule has 2 unspecified atom stereocenters. The second-order valence-corrected chi connectivity index (χ2v) is 4.40. The fourth-order valence-corrected chi connectivity index (χ4v) is 2.43. The molecule has 3 N–H and O–H groups in total. The topological polar surface area (TPSA) is 38.0 Å². The molecule has 0 amide bonds. The average molecular weight is 204 g/mol. The first-order chi connectivity index (χ1) is 7.40. The van der Waals surface area contributed by atoms with Crippen molar-refractivity contribution < 1.29 is 0 Å². The summed E-state index contributed by atoms with van der Waals surface area (Å²) >= 11 is 0. The minimum absolute atomic E-state index is 0.634. The first kappa shape index (κ1) is 10.7. The zero-order valence-electron chi connectivity index (χ0n) is 9.15. The van der Waals surface area contributed by atoms with Gasteiger partial charge in [-0.3, -0.25) is 0 Å². The Morgan fingerprint density at radius 2 is 2.00 bits per heavy atom. The normalized spacial score (nSPS) is 25.7. The van der Waals surface area contributed by atoms with Crippen molar-refractivity contribution >= 4 is 0 Å². The molecule has 0 heterocycles. The van der Waals surface area contributed by atoms with Crippen molar-refractivity contribution in [1.29, 1.82) is 0 Å². The van der Waals surface area contributed by atoms with E-state index in [-0.39, 0.29) is 0 Å². The summed E-state index contributed by atoms with van der Waals surface area (Å²) in [6, 6.07) is 11.2. The standard InChI is InChI=1S/C13H20N2/c14-9-12-7-4-8-13(12)15-10-11-5-2-1-3-6-11/h1-3,5-6,12-13,15H,4,7-10,14H2. The SMILES string of the molecule is NCC1CCCC1NCc1ccccc1. The Morgan fingerprint density at radius 1 is 1.20 bits per heavy atom. The monoisotopic (exact) mass is 204 g/mol. The van der Waals surface area contributed by atoms with Gasteiger partial charge in [0, 0.05) is 12.6 Å². The molecule has 1 aliphatic rings. The lowest BCUT2D eigenvalue weighted by atomic mass is 10.0. The van der Waals surface area contributed by atoms with Gasteiger partial charge in [0.1, 0.15) is 0 Å². The summed E-state index contributed by atoms with van der Waals surface area (Å²) in [5.41, 5.74) is 7.11. The van der Waals surface area contributed by atoms with Crippen LogP contribution in [0.3, 0.4) is 0 Å². The van der Waals surface area contributed by atoms with E-state index in [9.17, 15) is 0 Å². The third kappa shape index (κ3) is 2.80. The lowest BCUT2D eigenvalue weighted by Gasteiger charge is -2.19. The van der Waals surface area contributed by atoms with Crippen LogP contribution in [0.25, 0.3) is 0 Å². The Balaban J connectivity index is 1.83. The predicted octanol–water partition coefficient (Wildman–Crippen LogP) is 1.90. The van der Waals surface area contributed by atoms with Gasteiger partial charge in [-0.05, 0) is 30.9 Å². The molecule has 2 heteroatoms. The highest BCUT2D eigenvalue weighted by atomic mass is 14.9. The van der Waals surface area contributed by atoms with E-state index in [1.54, 1.807) is 0 Å². The van der Waals surface area contributed by atoms with E-state index in [0.29, 0.717) is 12.0 Å². The molecule has 0 aliphatic heterocycles. The number of nitrogens with one attached hydrogen (secondary N) is 1. The Morgan fingerprint density at radius 3 is 2.73 bits per heavy atom. The lowest BCUT2D eigenvalue weighted by molar-refractivity contribution is 0.406. The number of hydrogen-bond acceptors (Lipinski definition) is 2. The number of hydrogen-bond donors (Lipinski definition) is 2. The molecule has 0 spiro atoms. The van der Waals surface area contributed by atoms with Crippen LogP contribution in [0.1, 0.15) is 24.8 Å². The molecule has 2 rings (SSSR count). The van der Waals surface area contributed by atoms with Crippen LogP contribution in [0, 0.1) is 5.92 Å². The lowest BCUT2D eigenvalue weighted by Crippen LogP contribution is -2.35. The summed E-state index contributed by atoms with van der Waals surface area (Å²) < 4.78 is 0. The zero-order valence-corrected chi connectivity index (χ0v) is 9.15. The minimum Gasteiger partial charge on any atom is -0.330 e. The molecule has 1 aliphatic carbocycles. The maximum Gasteiger partial charge on any atom is 0.0208 e. The van der Waals surface area contributed by atoms with Crippen molar-refractivity contribution in [3.63, 3.8) is 0 Å². The third-order valence-corrected chi connectivity index (χ3v) is 3.37. The van der Waals surface area contributed by atoms with Crippen molar-refractivity contribution in [1.82, 2.24) is 5.32 Å². The van der Waals surface area contributed by atoms with Crippen molar-refractivity contribution in [3.05, 3.63) is 35.9 Å². The van der Waals surface area contributed by atoms with Gasteiger partial charge in [-0.2, -0.15) is 0 Å². The highest BCUT2D eigenvalue weighted by molar-refractivity contribution is 5.14. The van der Waals surface area contributed by atoms with E-state index in [0.717, 1.165) is 13.1 Å². The summed E-state index contributed by atoms with van der Waals surface area (Å²) in [5, 5.41) is 3.62. The largest absolute Gasteiger partial charge is 0.330 e. The maximum atomic E-state index is 5.75. The summed E-state index contributed by atoms with van der Waals surface area (Å²) in [6.45, 7) is 1.80. The predicted molar refractivity (Wildman–Crippen MR) is 63.5 cm³/mol. The second kappa shape index (κ2) is 5.29. The van der Waals surface area contributed by atoms with Crippen LogP contribution in [0.4, 0.5) is 0 Å². The molecular weight excluding hydrogens is 184 g/mol. The molecule has 1 aromatic carbocycles. The Kier molecular flexibility index (Phi) is 3.75. The summed E-state index contributed by atoms with van der Waals surface area (Å²) in [6.07, 6.45) is 3.91. The number of benzene rings is 1. The van der Waals surface area contributed by atoms with Gasteiger partial charge < -0.3 is 11.1 Å². The highest BCUT2D eigenvalue weighted by Gasteiger charge is 2.25. The molecule has 15 heavy (non-hydrogen) atoms. The molecule has 1 aromatic rings. The number of rotatable bonds is 4. The molecule has 0 bridgehead atoms. The van der Waals surface area contributed by atoms with Crippen LogP contribution in [0.5, 0.6) is 0 Å². The summed E-state index contributed by atoms with van der Waals surface area (Å²) in [4.78, 5) is 0. The fourth-order valence-electron chi connectivity index (χ4n) is 2.43. The molecule has 0 saturated heterocycles. The molecular formula is C13H20N2. The minimum atomic E-state index is 0.634. The Bertz CT molecular complexity index is 284. The Hall–Kier alpha value is -0.860. The average Bonchev–Trinajstić information content (AvgIpc) is 2.75. The van der Waals surface area contributed by atoms with Crippen molar-refractivity contribution in [2.24, 2.45) is 11.7 Å². The van der Waals surface area contributed by atoms with Crippen LogP contribution in [-0.4, -0.2) is 12.6 Å². The molecule has 2 nitrogen and oxygen atoms in total. The smallest absolute Gasteiger partial charge is 0.0208 e. The Labute approximate surface area is 91.9 Å². The first-order valence-corrected chi connectivity index (χ1v) is 5.87. The highest BCUT2D eigenvalue weighted by Crippen LogP contribution is 2.24. The van der Waals surface area contributed by atoms with Crippen molar-refractivity contribution in [2.75, 3.05) is 6.54 Å². The fraction of sp³-hybridized carbons (Fsp3) is 0.538. The second-order valence-electron chi connectivity index (χ2n) is 4.40. The van der Waals surface area contributed by atoms with E-state index < -0.39 is 0 Å². The van der Waals surface area contributed by atoms with Gasteiger partial charge in [0.15, 0.2) is 0 Å². The van der Waals surface area contributed by atoms with Crippen LogP contribution in [0.2, 0.25) is 0 Å².